The molecule has 5 rings (SSSR count). The lowest BCUT2D eigenvalue weighted by Crippen LogP contribution is -2.16. The number of anilines is 3. The van der Waals surface area contributed by atoms with E-state index in [1.807, 2.05) is 25.1 Å². The molecule has 0 atom stereocenters. The molecule has 0 fully saturated rings. The number of carbonyl (C=O) groups excluding carboxylic acids is 1. The zero-order valence-electron chi connectivity index (χ0n) is 23.0. The molecule has 42 heavy (non-hydrogen) atoms. The molecule has 0 aliphatic carbocycles. The number of hydrogen-bond acceptors (Lipinski definition) is 6. The van der Waals surface area contributed by atoms with Crippen LogP contribution in [0.4, 0.5) is 34.8 Å². The molecular weight excluding hydrogens is 552 g/mol. The van der Waals surface area contributed by atoms with Gasteiger partial charge in [0.2, 0.25) is 0 Å². The normalized spacial score (nSPS) is 12.0. The third-order valence-electron chi connectivity index (χ3n) is 6.57. The van der Waals surface area contributed by atoms with E-state index in [0.29, 0.717) is 45.9 Å². The van der Waals surface area contributed by atoms with Crippen molar-refractivity contribution in [3.8, 4) is 11.4 Å². The van der Waals surface area contributed by atoms with Gasteiger partial charge in [0.1, 0.15) is 11.4 Å². The first-order valence-electron chi connectivity index (χ1n) is 12.8. The Morgan fingerprint density at radius 2 is 1.67 bits per heavy atom. The Balaban J connectivity index is 1.60. The Morgan fingerprint density at radius 3 is 2.33 bits per heavy atom. The number of aryl methyl sites for hydroxylation is 2. The van der Waals surface area contributed by atoms with E-state index in [0.717, 1.165) is 11.6 Å². The van der Waals surface area contributed by atoms with Crippen LogP contribution in [0.1, 0.15) is 41.0 Å². The van der Waals surface area contributed by atoms with E-state index in [-0.39, 0.29) is 11.5 Å². The van der Waals surface area contributed by atoms with Gasteiger partial charge >= 0.3 is 6.18 Å². The van der Waals surface area contributed by atoms with Crippen molar-refractivity contribution < 1.29 is 27.5 Å². The quantitative estimate of drug-likeness (QED) is 0.193. The first kappa shape index (κ1) is 28.7. The maximum absolute atomic E-state index is 14.1. The minimum absolute atomic E-state index is 0.111. The maximum atomic E-state index is 14.1. The Kier molecular flexibility index (Phi) is 7.19. The van der Waals surface area contributed by atoms with Gasteiger partial charge < -0.3 is 15.7 Å². The van der Waals surface area contributed by atoms with Gasteiger partial charge in [-0.2, -0.15) is 18.3 Å². The van der Waals surface area contributed by atoms with Crippen LogP contribution in [0.2, 0.25) is 0 Å². The molecule has 3 heterocycles. The number of benzene rings is 2. The maximum Gasteiger partial charge on any atom is 0.416 e. The fourth-order valence-corrected chi connectivity index (χ4v) is 4.31. The van der Waals surface area contributed by atoms with Crippen LogP contribution < -0.4 is 10.6 Å². The number of para-hydroxylation sites is 1. The number of halogens is 4. The standard InChI is InChI=1S/C30H26F4N6O2/c1-16-7-5-6-8-20(16)36-27-24(38-28(41)17-11-18(30(32,33)34)13-19(31)12-17)14-23-21(37-27)9-10-22(35-23)25-15-26(29(2,3)42)39-40(25)4/h5-15,42H,1-4H3,(H,36,37)(H,38,41). The largest absolute Gasteiger partial charge is 0.416 e. The second-order valence-electron chi connectivity index (χ2n) is 10.3. The number of nitrogens with one attached hydrogen (secondary N) is 2. The number of pyridine rings is 2. The highest BCUT2D eigenvalue weighted by Crippen LogP contribution is 2.33. The molecule has 12 heteroatoms. The van der Waals surface area contributed by atoms with E-state index >= 15 is 0 Å². The van der Waals surface area contributed by atoms with Crippen LogP contribution in [0.3, 0.4) is 0 Å². The number of amides is 1. The molecule has 2 aromatic carbocycles. The Hall–Kier alpha value is -4.84. The van der Waals surface area contributed by atoms with Crippen LogP contribution in [0.25, 0.3) is 22.4 Å². The lowest BCUT2D eigenvalue weighted by molar-refractivity contribution is -0.137. The highest BCUT2D eigenvalue weighted by Gasteiger charge is 2.32. The number of rotatable bonds is 6. The Labute approximate surface area is 238 Å². The van der Waals surface area contributed by atoms with Crippen molar-refractivity contribution in [3.05, 3.63) is 94.9 Å². The summed E-state index contributed by atoms with van der Waals surface area (Å²) in [5, 5.41) is 20.5. The lowest BCUT2D eigenvalue weighted by Gasteiger charge is -2.16. The molecule has 8 nitrogen and oxygen atoms in total. The Morgan fingerprint density at radius 1 is 0.929 bits per heavy atom. The number of carbonyl (C=O) groups is 1. The van der Waals surface area contributed by atoms with E-state index in [1.165, 1.54) is 6.07 Å². The molecule has 1 amide bonds. The van der Waals surface area contributed by atoms with Gasteiger partial charge in [0.05, 0.1) is 39.4 Å². The second kappa shape index (κ2) is 10.5. The number of hydrogen-bond donors (Lipinski definition) is 3. The summed E-state index contributed by atoms with van der Waals surface area (Å²) >= 11 is 0. The average molecular weight is 579 g/mol. The molecule has 0 saturated carbocycles. The summed E-state index contributed by atoms with van der Waals surface area (Å²) < 4.78 is 55.5. The first-order chi connectivity index (χ1) is 19.7. The fourth-order valence-electron chi connectivity index (χ4n) is 4.31. The number of aliphatic hydroxyl groups is 1. The minimum atomic E-state index is -4.84. The molecule has 5 aromatic rings. The molecule has 216 valence electrons. The van der Waals surface area contributed by atoms with Gasteiger partial charge in [0.25, 0.3) is 5.91 Å². The van der Waals surface area contributed by atoms with E-state index in [9.17, 15) is 27.5 Å². The summed E-state index contributed by atoms with van der Waals surface area (Å²) in [4.78, 5) is 22.4. The summed E-state index contributed by atoms with van der Waals surface area (Å²) in [6.07, 6.45) is -4.84. The van der Waals surface area contributed by atoms with Crippen molar-refractivity contribution in [1.82, 2.24) is 19.7 Å². The van der Waals surface area contributed by atoms with Gasteiger partial charge in [0.15, 0.2) is 5.82 Å². The summed E-state index contributed by atoms with van der Waals surface area (Å²) in [5.74, 6) is -1.96. The van der Waals surface area contributed by atoms with Crippen LogP contribution in [-0.2, 0) is 18.8 Å². The molecule has 0 unspecified atom stereocenters. The van der Waals surface area contributed by atoms with Gasteiger partial charge in [-0.15, -0.1) is 0 Å². The molecule has 3 N–H and O–H groups in total. The van der Waals surface area contributed by atoms with E-state index in [4.69, 9.17) is 0 Å². The topological polar surface area (TPSA) is 105 Å². The predicted octanol–water partition coefficient (Wildman–Crippen LogP) is 6.72. The first-order valence-corrected chi connectivity index (χ1v) is 12.8. The zero-order chi connectivity index (χ0) is 30.4. The number of nitrogens with zero attached hydrogens (tertiary/aromatic N) is 4. The molecule has 0 saturated heterocycles. The van der Waals surface area contributed by atoms with Gasteiger partial charge in [-0.3, -0.25) is 9.48 Å². The SMILES string of the molecule is Cc1ccccc1Nc1nc2ccc(-c3cc(C(C)(C)O)nn3C)nc2cc1NC(=O)c1cc(F)cc(C(F)(F)F)c1. The van der Waals surface area contributed by atoms with Crippen molar-refractivity contribution in [2.24, 2.45) is 7.05 Å². The van der Waals surface area contributed by atoms with Crippen molar-refractivity contribution in [1.29, 1.82) is 0 Å². The molecular formula is C30H26F4N6O2. The van der Waals surface area contributed by atoms with Crippen molar-refractivity contribution in [2.75, 3.05) is 10.6 Å². The second-order valence-corrected chi connectivity index (χ2v) is 10.3. The molecule has 0 aliphatic rings. The smallest absolute Gasteiger partial charge is 0.384 e. The molecule has 0 aliphatic heterocycles. The average Bonchev–Trinajstić information content (AvgIpc) is 3.31. The minimum Gasteiger partial charge on any atom is -0.384 e. The highest BCUT2D eigenvalue weighted by atomic mass is 19.4. The summed E-state index contributed by atoms with van der Waals surface area (Å²) in [5.41, 5.74) is 1.09. The summed E-state index contributed by atoms with van der Waals surface area (Å²) in [6.45, 7) is 5.10. The Bertz CT molecular complexity index is 1830. The van der Waals surface area contributed by atoms with Gasteiger partial charge in [-0.25, -0.2) is 14.4 Å². The van der Waals surface area contributed by atoms with E-state index in [2.05, 4.69) is 25.7 Å². The van der Waals surface area contributed by atoms with Gasteiger partial charge in [-0.1, -0.05) is 18.2 Å². The van der Waals surface area contributed by atoms with Crippen LogP contribution >= 0.6 is 0 Å². The highest BCUT2D eigenvalue weighted by molar-refractivity contribution is 6.07. The number of fused-ring (bicyclic) bond motifs is 1. The molecule has 3 aromatic heterocycles. The fraction of sp³-hybridized carbons (Fsp3) is 0.200. The third kappa shape index (κ3) is 5.93. The van der Waals surface area contributed by atoms with E-state index < -0.39 is 34.6 Å². The molecule has 0 spiro atoms. The van der Waals surface area contributed by atoms with Crippen LogP contribution in [-0.4, -0.2) is 30.8 Å². The number of aromatic nitrogens is 4. The van der Waals surface area contributed by atoms with Gasteiger partial charge in [-0.05, 0) is 74.9 Å². The van der Waals surface area contributed by atoms with Gasteiger partial charge in [0, 0.05) is 18.3 Å². The number of alkyl halides is 3. The van der Waals surface area contributed by atoms with Crippen LogP contribution in [0, 0.1) is 12.7 Å². The zero-order valence-corrected chi connectivity index (χ0v) is 23.0. The molecule has 0 bridgehead atoms. The van der Waals surface area contributed by atoms with Crippen molar-refractivity contribution in [2.45, 2.75) is 32.5 Å². The molecule has 0 radical (unpaired) electrons. The monoisotopic (exact) mass is 578 g/mol. The van der Waals surface area contributed by atoms with Crippen molar-refractivity contribution in [3.63, 3.8) is 0 Å². The predicted molar refractivity (Wildman–Crippen MR) is 151 cm³/mol. The lowest BCUT2D eigenvalue weighted by atomic mass is 10.1. The van der Waals surface area contributed by atoms with Crippen molar-refractivity contribution >= 4 is 34.1 Å². The summed E-state index contributed by atoms with van der Waals surface area (Å²) in [7, 11) is 1.71. The third-order valence-corrected chi connectivity index (χ3v) is 6.57. The summed E-state index contributed by atoms with van der Waals surface area (Å²) in [6, 6.07) is 15.7. The van der Waals surface area contributed by atoms with Crippen LogP contribution in [0.15, 0.2) is 66.7 Å². The van der Waals surface area contributed by atoms with Crippen LogP contribution in [0.5, 0.6) is 0 Å². The van der Waals surface area contributed by atoms with E-state index in [1.54, 1.807) is 49.8 Å².